The van der Waals surface area contributed by atoms with E-state index >= 15 is 0 Å². The normalized spacial score (nSPS) is 16.1. The van der Waals surface area contributed by atoms with E-state index in [2.05, 4.69) is 33.0 Å². The molecule has 0 radical (unpaired) electrons. The maximum Gasteiger partial charge on any atom is 0.220 e. The molecular weight excluding hydrogens is 178 g/mol. The molecule has 3 heteroatoms. The van der Waals surface area contributed by atoms with Gasteiger partial charge in [-0.1, -0.05) is 27.7 Å². The van der Waals surface area contributed by atoms with Crippen LogP contribution < -0.4 is 5.32 Å². The number of hydrogen-bond donors (Lipinski definition) is 2. The van der Waals surface area contributed by atoms with Gasteiger partial charge in [0, 0.05) is 12.5 Å². The molecule has 1 unspecified atom stereocenters. The smallest absolute Gasteiger partial charge is 0.220 e. The molecule has 0 heterocycles. The lowest BCUT2D eigenvalue weighted by Gasteiger charge is -2.27. The van der Waals surface area contributed by atoms with Crippen LogP contribution in [0.3, 0.4) is 0 Å². The summed E-state index contributed by atoms with van der Waals surface area (Å²) in [5, 5.41) is 11.5. The van der Waals surface area contributed by atoms with Crippen LogP contribution in [-0.2, 0) is 4.79 Å². The number of aliphatic hydroxyl groups excluding tert-OH is 1. The van der Waals surface area contributed by atoms with Crippen molar-refractivity contribution in [2.45, 2.75) is 47.1 Å². The van der Waals surface area contributed by atoms with Gasteiger partial charge in [0.05, 0.1) is 6.61 Å². The van der Waals surface area contributed by atoms with Crippen LogP contribution in [0.2, 0.25) is 0 Å². The molecule has 84 valence electrons. The third-order valence-electron chi connectivity index (χ3n) is 2.65. The minimum Gasteiger partial charge on any atom is -0.394 e. The molecule has 2 N–H and O–H groups in total. The van der Waals surface area contributed by atoms with E-state index in [1.165, 1.54) is 0 Å². The lowest BCUT2D eigenvalue weighted by atomic mass is 9.80. The van der Waals surface area contributed by atoms with Gasteiger partial charge >= 0.3 is 0 Å². The first-order valence-corrected chi connectivity index (χ1v) is 5.17. The van der Waals surface area contributed by atoms with Crippen molar-refractivity contribution in [2.24, 2.45) is 11.3 Å². The maximum atomic E-state index is 11.4. The predicted molar refractivity (Wildman–Crippen MR) is 57.9 cm³/mol. The fourth-order valence-electron chi connectivity index (χ4n) is 0.964. The zero-order valence-electron chi connectivity index (χ0n) is 9.92. The largest absolute Gasteiger partial charge is 0.394 e. The van der Waals surface area contributed by atoms with Crippen LogP contribution >= 0.6 is 0 Å². The molecule has 0 spiro atoms. The molecule has 0 fully saturated rings. The molecule has 0 aromatic heterocycles. The van der Waals surface area contributed by atoms with Gasteiger partial charge < -0.3 is 10.4 Å². The molecule has 2 atom stereocenters. The van der Waals surface area contributed by atoms with Gasteiger partial charge in [0.25, 0.3) is 0 Å². The predicted octanol–water partition coefficient (Wildman–Crippen LogP) is 1.56. The summed E-state index contributed by atoms with van der Waals surface area (Å²) in [5.41, 5.74) is 0.153. The van der Waals surface area contributed by atoms with Crippen LogP contribution in [-0.4, -0.2) is 23.7 Å². The van der Waals surface area contributed by atoms with Crippen LogP contribution in [0.25, 0.3) is 0 Å². The molecule has 0 aromatic rings. The van der Waals surface area contributed by atoms with Crippen molar-refractivity contribution in [2.75, 3.05) is 6.61 Å². The van der Waals surface area contributed by atoms with Crippen LogP contribution in [0, 0.1) is 11.3 Å². The van der Waals surface area contributed by atoms with E-state index in [0.717, 1.165) is 0 Å². The Morgan fingerprint density at radius 2 is 1.86 bits per heavy atom. The molecule has 0 saturated carbocycles. The first kappa shape index (κ1) is 13.4. The van der Waals surface area contributed by atoms with Gasteiger partial charge in [-0.2, -0.15) is 0 Å². The number of rotatable bonds is 4. The second-order valence-electron chi connectivity index (χ2n) is 5.12. The Bertz CT molecular complexity index is 184. The highest BCUT2D eigenvalue weighted by Crippen LogP contribution is 2.27. The van der Waals surface area contributed by atoms with Crippen LogP contribution in [0.1, 0.15) is 41.0 Å². The summed E-state index contributed by atoms with van der Waals surface area (Å²) in [5.74, 6) is 0.363. The Morgan fingerprint density at radius 3 is 2.21 bits per heavy atom. The molecule has 0 aliphatic heterocycles. The molecule has 0 rings (SSSR count). The van der Waals surface area contributed by atoms with Crippen LogP contribution in [0.15, 0.2) is 0 Å². The second-order valence-corrected chi connectivity index (χ2v) is 5.12. The average molecular weight is 201 g/mol. The molecular formula is C11H23NO2. The van der Waals surface area contributed by atoms with Gasteiger partial charge in [-0.15, -0.1) is 0 Å². The third-order valence-corrected chi connectivity index (χ3v) is 2.65. The number of hydrogen-bond acceptors (Lipinski definition) is 2. The van der Waals surface area contributed by atoms with Crippen molar-refractivity contribution in [1.29, 1.82) is 0 Å². The molecule has 14 heavy (non-hydrogen) atoms. The number of nitrogens with one attached hydrogen (secondary N) is 1. The first-order chi connectivity index (χ1) is 6.27. The molecule has 0 aromatic carbocycles. The van der Waals surface area contributed by atoms with E-state index in [1.807, 2.05) is 0 Å². The fourth-order valence-corrected chi connectivity index (χ4v) is 0.964. The number of carbonyl (C=O) groups is 1. The lowest BCUT2D eigenvalue weighted by Crippen LogP contribution is -2.37. The van der Waals surface area contributed by atoms with E-state index < -0.39 is 0 Å². The van der Waals surface area contributed by atoms with Crippen molar-refractivity contribution < 1.29 is 9.90 Å². The summed E-state index contributed by atoms with van der Waals surface area (Å²) in [6.07, 6.45) is 0.522. The Balaban J connectivity index is 3.95. The number of aliphatic hydroxyl groups is 1. The van der Waals surface area contributed by atoms with Gasteiger partial charge in [0.15, 0.2) is 0 Å². The van der Waals surface area contributed by atoms with Gasteiger partial charge in [0.2, 0.25) is 5.91 Å². The monoisotopic (exact) mass is 201 g/mol. The van der Waals surface area contributed by atoms with Crippen molar-refractivity contribution in [3.05, 3.63) is 0 Å². The summed E-state index contributed by atoms with van der Waals surface area (Å²) in [4.78, 5) is 11.4. The van der Waals surface area contributed by atoms with Crippen molar-refractivity contribution in [1.82, 2.24) is 5.32 Å². The average Bonchev–Trinajstić information content (AvgIpc) is 2.02. The molecule has 0 bridgehead atoms. The Labute approximate surface area is 86.9 Å². The molecule has 0 aliphatic carbocycles. The van der Waals surface area contributed by atoms with Gasteiger partial charge in [-0.25, -0.2) is 0 Å². The Kier molecular flexibility index (Phi) is 5.13. The van der Waals surface area contributed by atoms with Crippen molar-refractivity contribution >= 4 is 5.91 Å². The quantitative estimate of drug-likeness (QED) is 0.725. The van der Waals surface area contributed by atoms with E-state index in [4.69, 9.17) is 5.11 Å². The van der Waals surface area contributed by atoms with Crippen LogP contribution in [0.4, 0.5) is 0 Å². The fraction of sp³-hybridized carbons (Fsp3) is 0.909. The topological polar surface area (TPSA) is 49.3 Å². The number of amides is 1. The van der Waals surface area contributed by atoms with Gasteiger partial charge in [-0.05, 0) is 18.3 Å². The van der Waals surface area contributed by atoms with Gasteiger partial charge in [0.1, 0.15) is 0 Å². The molecule has 3 nitrogen and oxygen atoms in total. The highest BCUT2D eigenvalue weighted by molar-refractivity contribution is 5.76. The van der Waals surface area contributed by atoms with Gasteiger partial charge in [-0.3, -0.25) is 4.79 Å². The Morgan fingerprint density at radius 1 is 1.36 bits per heavy atom. The second kappa shape index (κ2) is 5.35. The minimum absolute atomic E-state index is 0.00433. The zero-order chi connectivity index (χ0) is 11.4. The molecule has 0 saturated heterocycles. The standard InChI is InChI=1S/C11H23NO2/c1-8(11(3,4)5)6-10(14)12-9(2)7-13/h8-9,13H,6-7H2,1-5H3,(H,12,14)/t8?,9-/m1/s1. The van der Waals surface area contributed by atoms with E-state index in [-0.39, 0.29) is 24.0 Å². The van der Waals surface area contributed by atoms with E-state index in [9.17, 15) is 4.79 Å². The summed E-state index contributed by atoms with van der Waals surface area (Å²) in [6.45, 7) is 10.2. The Hall–Kier alpha value is -0.570. The summed E-state index contributed by atoms with van der Waals surface area (Å²) >= 11 is 0. The van der Waals surface area contributed by atoms with E-state index in [1.54, 1.807) is 6.92 Å². The maximum absolute atomic E-state index is 11.4. The van der Waals surface area contributed by atoms with Crippen molar-refractivity contribution in [3.63, 3.8) is 0 Å². The first-order valence-electron chi connectivity index (χ1n) is 5.17. The van der Waals surface area contributed by atoms with E-state index in [0.29, 0.717) is 12.3 Å². The highest BCUT2D eigenvalue weighted by atomic mass is 16.3. The number of carbonyl (C=O) groups excluding carboxylic acids is 1. The molecule has 1 amide bonds. The SMILES string of the molecule is CC(CC(=O)N[C@H](C)CO)C(C)(C)C. The summed E-state index contributed by atoms with van der Waals surface area (Å²) in [7, 11) is 0. The third kappa shape index (κ3) is 5.22. The highest BCUT2D eigenvalue weighted by Gasteiger charge is 2.22. The van der Waals surface area contributed by atoms with Crippen LogP contribution in [0.5, 0.6) is 0 Å². The minimum atomic E-state index is -0.144. The summed E-state index contributed by atoms with van der Waals surface area (Å²) in [6, 6.07) is -0.144. The zero-order valence-corrected chi connectivity index (χ0v) is 9.92. The van der Waals surface area contributed by atoms with Crippen molar-refractivity contribution in [3.8, 4) is 0 Å². The summed E-state index contributed by atoms with van der Waals surface area (Å²) < 4.78 is 0. The molecule has 0 aliphatic rings. The lowest BCUT2D eigenvalue weighted by molar-refractivity contribution is -0.123.